The van der Waals surface area contributed by atoms with Gasteiger partial charge >= 0.3 is 0 Å². The van der Waals surface area contributed by atoms with Crippen molar-refractivity contribution < 1.29 is 9.90 Å². The van der Waals surface area contributed by atoms with Crippen molar-refractivity contribution in [3.63, 3.8) is 0 Å². The maximum Gasteiger partial charge on any atom is 0.274 e. The number of pyridine rings is 1. The molecule has 2 heterocycles. The fourth-order valence-electron chi connectivity index (χ4n) is 3.77. The van der Waals surface area contributed by atoms with Crippen LogP contribution in [0.5, 0.6) is 0 Å². The van der Waals surface area contributed by atoms with Crippen LogP contribution in [-0.2, 0) is 13.5 Å². The SMILES string of the molecule is Cn1nc(C(=O)N[C@@H](Cc2ccncc2)C2CC(O)C2)c2ccccc2c1=O. The lowest BCUT2D eigenvalue weighted by Gasteiger charge is -2.38. The maximum absolute atomic E-state index is 13.1. The number of nitrogens with one attached hydrogen (secondary N) is 1. The van der Waals surface area contributed by atoms with Crippen molar-refractivity contribution >= 4 is 16.7 Å². The highest BCUT2D eigenvalue weighted by atomic mass is 16.3. The third-order valence-corrected chi connectivity index (χ3v) is 5.41. The average Bonchev–Trinajstić information content (AvgIpc) is 2.68. The van der Waals surface area contributed by atoms with E-state index in [9.17, 15) is 14.7 Å². The maximum atomic E-state index is 13.1. The normalized spacial score (nSPS) is 19.8. The molecular formula is C21H22N4O3. The molecule has 7 nitrogen and oxygen atoms in total. The molecule has 0 aliphatic heterocycles. The van der Waals surface area contributed by atoms with E-state index in [1.165, 1.54) is 4.68 Å². The lowest BCUT2D eigenvalue weighted by molar-refractivity contribution is 0.0239. The number of benzene rings is 1. The van der Waals surface area contributed by atoms with E-state index >= 15 is 0 Å². The van der Waals surface area contributed by atoms with Crippen molar-refractivity contribution in [1.82, 2.24) is 20.1 Å². The van der Waals surface area contributed by atoms with Gasteiger partial charge in [-0.25, -0.2) is 4.68 Å². The van der Waals surface area contributed by atoms with Crippen molar-refractivity contribution in [2.24, 2.45) is 13.0 Å². The zero-order chi connectivity index (χ0) is 19.7. The topological polar surface area (TPSA) is 97.1 Å². The van der Waals surface area contributed by atoms with Gasteiger partial charge in [0.15, 0.2) is 5.69 Å². The first-order valence-corrected chi connectivity index (χ1v) is 9.37. The van der Waals surface area contributed by atoms with E-state index in [4.69, 9.17) is 0 Å². The van der Waals surface area contributed by atoms with Gasteiger partial charge in [-0.3, -0.25) is 14.6 Å². The fraction of sp³-hybridized carbons (Fsp3) is 0.333. The molecule has 1 atom stereocenters. The highest BCUT2D eigenvalue weighted by Crippen LogP contribution is 2.32. The molecule has 4 rings (SSSR count). The second-order valence-electron chi connectivity index (χ2n) is 7.35. The molecule has 1 aromatic carbocycles. The van der Waals surface area contributed by atoms with Crippen LogP contribution in [0.3, 0.4) is 0 Å². The van der Waals surface area contributed by atoms with Gasteiger partial charge in [-0.15, -0.1) is 0 Å². The third-order valence-electron chi connectivity index (χ3n) is 5.41. The van der Waals surface area contributed by atoms with Crippen LogP contribution in [-0.4, -0.2) is 37.9 Å². The number of aryl methyl sites for hydroxylation is 1. The molecule has 0 bridgehead atoms. The molecule has 0 spiro atoms. The summed E-state index contributed by atoms with van der Waals surface area (Å²) in [5.41, 5.74) is 1.07. The Morgan fingerprint density at radius 2 is 1.89 bits per heavy atom. The minimum Gasteiger partial charge on any atom is -0.393 e. The predicted molar refractivity (Wildman–Crippen MR) is 105 cm³/mol. The van der Waals surface area contributed by atoms with Gasteiger partial charge in [-0.2, -0.15) is 5.10 Å². The second-order valence-corrected chi connectivity index (χ2v) is 7.35. The smallest absolute Gasteiger partial charge is 0.274 e. The Hall–Kier alpha value is -3.06. The number of hydrogen-bond donors (Lipinski definition) is 2. The number of nitrogens with zero attached hydrogens (tertiary/aromatic N) is 3. The van der Waals surface area contributed by atoms with Crippen LogP contribution >= 0.6 is 0 Å². The molecule has 0 saturated heterocycles. The molecule has 7 heteroatoms. The van der Waals surface area contributed by atoms with Crippen LogP contribution in [0.1, 0.15) is 28.9 Å². The van der Waals surface area contributed by atoms with Crippen LogP contribution in [0.15, 0.2) is 53.6 Å². The first-order valence-electron chi connectivity index (χ1n) is 9.37. The number of rotatable bonds is 5. The summed E-state index contributed by atoms with van der Waals surface area (Å²) in [4.78, 5) is 29.4. The molecule has 0 unspecified atom stereocenters. The largest absolute Gasteiger partial charge is 0.393 e. The number of carbonyl (C=O) groups excluding carboxylic acids is 1. The van der Waals surface area contributed by atoms with E-state index in [-0.39, 0.29) is 35.2 Å². The highest BCUT2D eigenvalue weighted by molar-refractivity contribution is 6.04. The summed E-state index contributed by atoms with van der Waals surface area (Å²) >= 11 is 0. The van der Waals surface area contributed by atoms with Crippen molar-refractivity contribution in [2.75, 3.05) is 0 Å². The Morgan fingerprint density at radius 1 is 1.21 bits per heavy atom. The molecular weight excluding hydrogens is 356 g/mol. The van der Waals surface area contributed by atoms with Crippen LogP contribution in [0.4, 0.5) is 0 Å². The molecule has 0 radical (unpaired) electrons. The number of aromatic nitrogens is 3. The summed E-state index contributed by atoms with van der Waals surface area (Å²) in [5, 5.41) is 18.0. The van der Waals surface area contributed by atoms with Gasteiger partial charge < -0.3 is 10.4 Å². The molecule has 1 fully saturated rings. The average molecular weight is 378 g/mol. The summed E-state index contributed by atoms with van der Waals surface area (Å²) in [6.07, 6.45) is 5.13. The van der Waals surface area contributed by atoms with Crippen LogP contribution in [0, 0.1) is 5.92 Å². The Morgan fingerprint density at radius 3 is 2.57 bits per heavy atom. The number of amides is 1. The monoisotopic (exact) mass is 378 g/mol. The number of carbonyl (C=O) groups is 1. The molecule has 144 valence electrons. The van der Waals surface area contributed by atoms with E-state index in [2.05, 4.69) is 15.4 Å². The van der Waals surface area contributed by atoms with Gasteiger partial charge in [0.2, 0.25) is 0 Å². The standard InChI is InChI=1S/C21H22N4O3/c1-25-21(28)17-5-3-2-4-16(17)19(24-25)20(27)23-18(14-11-15(26)12-14)10-13-6-8-22-9-7-13/h2-9,14-15,18,26H,10-12H2,1H3,(H,23,27)/t14?,15?,18-/m0/s1. The van der Waals surface area contributed by atoms with Gasteiger partial charge in [-0.1, -0.05) is 18.2 Å². The molecule has 28 heavy (non-hydrogen) atoms. The molecule has 2 N–H and O–H groups in total. The van der Waals surface area contributed by atoms with Gasteiger partial charge in [0, 0.05) is 30.9 Å². The second kappa shape index (κ2) is 7.52. The Labute approximate surface area is 162 Å². The van der Waals surface area contributed by atoms with E-state index < -0.39 is 0 Å². The summed E-state index contributed by atoms with van der Waals surface area (Å²) < 4.78 is 1.20. The first-order chi connectivity index (χ1) is 13.5. The summed E-state index contributed by atoms with van der Waals surface area (Å²) in [6, 6.07) is 10.7. The molecule has 1 aliphatic rings. The van der Waals surface area contributed by atoms with Crippen molar-refractivity contribution in [3.8, 4) is 0 Å². The molecule has 2 aromatic heterocycles. The predicted octanol–water partition coefficient (Wildman–Crippen LogP) is 1.44. The van der Waals surface area contributed by atoms with Gasteiger partial charge in [-0.05, 0) is 48.9 Å². The fourth-order valence-corrected chi connectivity index (χ4v) is 3.77. The first kappa shape index (κ1) is 18.3. The summed E-state index contributed by atoms with van der Waals surface area (Å²) in [6.45, 7) is 0. The van der Waals surface area contributed by atoms with Crippen molar-refractivity contribution in [3.05, 3.63) is 70.4 Å². The van der Waals surface area contributed by atoms with E-state index in [1.54, 1.807) is 43.7 Å². The van der Waals surface area contributed by atoms with Crippen molar-refractivity contribution in [1.29, 1.82) is 0 Å². The summed E-state index contributed by atoms with van der Waals surface area (Å²) in [5.74, 6) is -0.113. The Bertz CT molecular complexity index is 1060. The third kappa shape index (κ3) is 3.53. The lowest BCUT2D eigenvalue weighted by Crippen LogP contribution is -2.48. The number of hydrogen-bond acceptors (Lipinski definition) is 5. The zero-order valence-electron chi connectivity index (χ0n) is 15.6. The van der Waals surface area contributed by atoms with Gasteiger partial charge in [0.25, 0.3) is 11.5 Å². The molecule has 1 aliphatic carbocycles. The molecule has 1 amide bonds. The number of aliphatic hydroxyl groups excluding tert-OH is 1. The number of aliphatic hydroxyl groups is 1. The Balaban J connectivity index is 1.64. The van der Waals surface area contributed by atoms with Crippen LogP contribution in [0.25, 0.3) is 10.8 Å². The van der Waals surface area contributed by atoms with Crippen LogP contribution < -0.4 is 10.9 Å². The summed E-state index contributed by atoms with van der Waals surface area (Å²) in [7, 11) is 1.54. The number of fused-ring (bicyclic) bond motifs is 1. The highest BCUT2D eigenvalue weighted by Gasteiger charge is 2.35. The Kier molecular flexibility index (Phi) is 4.92. The van der Waals surface area contributed by atoms with E-state index in [1.807, 2.05) is 12.1 Å². The minimum atomic E-state index is -0.313. The van der Waals surface area contributed by atoms with Crippen LogP contribution in [0.2, 0.25) is 0 Å². The lowest BCUT2D eigenvalue weighted by atomic mass is 9.75. The molecule has 3 aromatic rings. The van der Waals surface area contributed by atoms with Crippen molar-refractivity contribution in [2.45, 2.75) is 31.4 Å². The zero-order valence-corrected chi connectivity index (χ0v) is 15.6. The molecule has 1 saturated carbocycles. The van der Waals surface area contributed by atoms with Gasteiger partial charge in [0.1, 0.15) is 0 Å². The quantitative estimate of drug-likeness (QED) is 0.700. The van der Waals surface area contributed by atoms with Gasteiger partial charge in [0.05, 0.1) is 11.5 Å². The van der Waals surface area contributed by atoms with E-state index in [0.29, 0.717) is 30.0 Å². The minimum absolute atomic E-state index is 0.129. The van der Waals surface area contributed by atoms with E-state index in [0.717, 1.165) is 5.56 Å².